The Hall–Kier alpha value is -3.91. The zero-order valence-electron chi connectivity index (χ0n) is 31.7. The van der Waals surface area contributed by atoms with Crippen molar-refractivity contribution in [1.82, 2.24) is 36.1 Å². The van der Waals surface area contributed by atoms with Crippen molar-refractivity contribution in [3.63, 3.8) is 0 Å². The van der Waals surface area contributed by atoms with Gasteiger partial charge in [0, 0.05) is 42.4 Å². The highest BCUT2D eigenvalue weighted by atomic mass is 32.2. The van der Waals surface area contributed by atoms with E-state index in [1.165, 1.54) is 4.90 Å². The fraction of sp³-hybridized carbons (Fsp3) is 0.641. The molecule has 1 saturated heterocycles. The molecule has 2 aromatic rings. The Kier molecular flexibility index (Phi) is 11.6. The minimum Gasteiger partial charge on any atom is -0.487 e. The van der Waals surface area contributed by atoms with Crippen LogP contribution in [0.25, 0.3) is 11.4 Å². The molecule has 14 heteroatoms. The Bertz CT molecular complexity index is 1670. The van der Waals surface area contributed by atoms with Crippen LogP contribution in [0.2, 0.25) is 0 Å². The van der Waals surface area contributed by atoms with Gasteiger partial charge in [0.15, 0.2) is 6.10 Å². The van der Waals surface area contributed by atoms with Crippen LogP contribution in [0.1, 0.15) is 92.2 Å². The lowest BCUT2D eigenvalue weighted by Crippen LogP contribution is -2.61. The van der Waals surface area contributed by atoms with Crippen molar-refractivity contribution in [3.05, 3.63) is 36.2 Å². The maximum Gasteiger partial charge on any atom is 0.315 e. The van der Waals surface area contributed by atoms with Crippen molar-refractivity contribution >= 4 is 35.5 Å². The largest absolute Gasteiger partial charge is 0.487 e. The number of aryl methyl sites for hydroxylation is 1. The summed E-state index contributed by atoms with van der Waals surface area (Å²) in [6.07, 6.45) is 5.89. The van der Waals surface area contributed by atoms with Gasteiger partial charge in [0.2, 0.25) is 11.8 Å². The van der Waals surface area contributed by atoms with Gasteiger partial charge >= 0.3 is 6.03 Å². The molecule has 2 aliphatic heterocycles. The number of carbonyl (C=O) groups excluding carboxylic acids is 4. The number of amides is 5. The SMILES string of the molecule is CC(C)(C)NC(=O)N[C@H](C(=O)N1C[C@H](Oc2cc(-c3ccccn3)nc3c2SCC3)CC1C(=O)NC(CC1CCC1)C(O)C(=O)NC1CC1)C(C)(C)C. The van der Waals surface area contributed by atoms with E-state index >= 15 is 0 Å². The van der Waals surface area contributed by atoms with Crippen LogP contribution in [0.4, 0.5) is 4.79 Å². The van der Waals surface area contributed by atoms with E-state index in [2.05, 4.69) is 26.3 Å². The number of carbonyl (C=O) groups is 4. The molecule has 0 spiro atoms. The van der Waals surface area contributed by atoms with Crippen molar-refractivity contribution < 1.29 is 29.0 Å². The van der Waals surface area contributed by atoms with E-state index in [4.69, 9.17) is 9.72 Å². The standard InChI is InChI=1S/C39H55N7O6S/c1-38(2,3)33(44-37(51)45-39(4,5)6)36(50)46-21-24(52-30-20-27(25-12-7-8-16-40-25)42-26-15-17-53-32(26)30)19-29(46)34(48)43-28(18-22-10-9-11-22)31(47)35(49)41-23-13-14-23/h7-8,12,16,20,22-24,28-29,31,33,47H,9-11,13-15,17-19,21H2,1-6H3,(H,41,49)(H,43,48)(H2,44,45,51)/t24-,28?,29?,31?,33-/m1/s1. The number of nitrogens with zero attached hydrogens (tertiary/aromatic N) is 3. The summed E-state index contributed by atoms with van der Waals surface area (Å²) in [7, 11) is 0. The fourth-order valence-electron chi connectivity index (χ4n) is 7.07. The molecular weight excluding hydrogens is 695 g/mol. The van der Waals surface area contributed by atoms with Gasteiger partial charge in [0.25, 0.3) is 5.91 Å². The number of ether oxygens (including phenoxy) is 1. The highest BCUT2D eigenvalue weighted by Gasteiger charge is 2.47. The average molecular weight is 750 g/mol. The number of aliphatic hydroxyl groups is 1. The third-order valence-electron chi connectivity index (χ3n) is 10.3. The van der Waals surface area contributed by atoms with Gasteiger partial charge in [0.05, 0.1) is 34.6 Å². The normalized spacial score (nSPS) is 21.8. The number of rotatable bonds is 12. The molecule has 2 aromatic heterocycles. The lowest BCUT2D eigenvalue weighted by molar-refractivity contribution is -0.143. The number of hydrogen-bond donors (Lipinski definition) is 5. The molecule has 5 atom stereocenters. The summed E-state index contributed by atoms with van der Waals surface area (Å²) in [5, 5.41) is 22.9. The first-order valence-corrected chi connectivity index (χ1v) is 20.0. The zero-order chi connectivity index (χ0) is 38.1. The second kappa shape index (κ2) is 15.8. The number of fused-ring (bicyclic) bond motifs is 1. The lowest BCUT2D eigenvalue weighted by atomic mass is 9.79. The number of urea groups is 1. The van der Waals surface area contributed by atoms with Crippen molar-refractivity contribution in [2.45, 2.75) is 140 Å². The smallest absolute Gasteiger partial charge is 0.315 e. The first-order valence-electron chi connectivity index (χ1n) is 19.0. The lowest BCUT2D eigenvalue weighted by Gasteiger charge is -2.37. The van der Waals surface area contributed by atoms with Gasteiger partial charge in [-0.25, -0.2) is 9.78 Å². The van der Waals surface area contributed by atoms with Gasteiger partial charge in [-0.2, -0.15) is 0 Å². The maximum absolute atomic E-state index is 14.6. The van der Waals surface area contributed by atoms with Crippen LogP contribution in [0.15, 0.2) is 35.4 Å². The average Bonchev–Trinajstić information content (AvgIpc) is 3.57. The minimum absolute atomic E-state index is 0.0568. The monoisotopic (exact) mass is 749 g/mol. The molecule has 13 nitrogen and oxygen atoms in total. The van der Waals surface area contributed by atoms with Crippen LogP contribution in [-0.4, -0.2) is 97.9 Å². The summed E-state index contributed by atoms with van der Waals surface area (Å²) in [6.45, 7) is 11.3. The number of aliphatic hydroxyl groups excluding tert-OH is 1. The van der Waals surface area contributed by atoms with E-state index in [-0.39, 0.29) is 24.9 Å². The number of pyridine rings is 2. The van der Waals surface area contributed by atoms with Gasteiger partial charge in [0.1, 0.15) is 23.9 Å². The van der Waals surface area contributed by atoms with E-state index in [0.717, 1.165) is 54.9 Å². The molecule has 4 aliphatic rings. The summed E-state index contributed by atoms with van der Waals surface area (Å²) in [6, 6.07) is 4.31. The van der Waals surface area contributed by atoms with Crippen LogP contribution in [-0.2, 0) is 20.8 Å². The molecular formula is C39H55N7O6S. The number of likely N-dealkylation sites (tertiary alicyclic amines) is 1. The molecule has 5 N–H and O–H groups in total. The first-order chi connectivity index (χ1) is 25.1. The fourth-order valence-corrected chi connectivity index (χ4v) is 8.14. The number of hydrogen-bond acceptors (Lipinski definition) is 9. The van der Waals surface area contributed by atoms with Crippen molar-refractivity contribution in [3.8, 4) is 17.1 Å². The van der Waals surface area contributed by atoms with Gasteiger partial charge < -0.3 is 36.0 Å². The second-order valence-corrected chi connectivity index (χ2v) is 18.2. The van der Waals surface area contributed by atoms with Gasteiger partial charge in [-0.1, -0.05) is 46.1 Å². The van der Waals surface area contributed by atoms with Gasteiger partial charge in [-0.15, -0.1) is 11.8 Å². The number of aromatic nitrogens is 2. The summed E-state index contributed by atoms with van der Waals surface area (Å²) < 4.78 is 6.71. The van der Waals surface area contributed by atoms with Crippen LogP contribution in [0, 0.1) is 11.3 Å². The maximum atomic E-state index is 14.6. The van der Waals surface area contributed by atoms with Crippen molar-refractivity contribution in [1.29, 1.82) is 0 Å². The van der Waals surface area contributed by atoms with E-state index in [0.29, 0.717) is 23.6 Å². The highest BCUT2D eigenvalue weighted by Crippen LogP contribution is 2.41. The quantitative estimate of drug-likeness (QED) is 0.215. The van der Waals surface area contributed by atoms with Crippen LogP contribution in [0.5, 0.6) is 5.75 Å². The second-order valence-electron chi connectivity index (χ2n) is 17.1. The molecule has 3 unspecified atom stereocenters. The Morgan fingerprint density at radius 3 is 2.42 bits per heavy atom. The molecule has 6 rings (SSSR count). The Balaban J connectivity index is 1.28. The van der Waals surface area contributed by atoms with E-state index in [1.54, 1.807) is 18.0 Å². The summed E-state index contributed by atoms with van der Waals surface area (Å²) >= 11 is 1.66. The predicted octanol–water partition coefficient (Wildman–Crippen LogP) is 3.97. The van der Waals surface area contributed by atoms with Gasteiger partial charge in [-0.3, -0.25) is 19.4 Å². The Morgan fingerprint density at radius 2 is 1.79 bits per heavy atom. The van der Waals surface area contributed by atoms with Crippen molar-refractivity contribution in [2.24, 2.45) is 11.3 Å². The third kappa shape index (κ3) is 9.80. The molecule has 0 bridgehead atoms. The Labute approximate surface area is 316 Å². The van der Waals surface area contributed by atoms with Crippen LogP contribution >= 0.6 is 11.8 Å². The number of nitrogens with one attached hydrogen (secondary N) is 4. The highest BCUT2D eigenvalue weighted by molar-refractivity contribution is 7.99. The predicted molar refractivity (Wildman–Crippen MR) is 202 cm³/mol. The molecule has 4 heterocycles. The van der Waals surface area contributed by atoms with E-state index in [1.807, 2.05) is 65.8 Å². The third-order valence-corrected chi connectivity index (χ3v) is 11.4. The van der Waals surface area contributed by atoms with E-state index in [9.17, 15) is 24.3 Å². The first kappa shape index (κ1) is 38.8. The van der Waals surface area contributed by atoms with Gasteiger partial charge in [-0.05, 0) is 63.5 Å². The molecule has 288 valence electrons. The topological polar surface area (TPSA) is 175 Å². The van der Waals surface area contributed by atoms with E-state index < -0.39 is 65.0 Å². The molecule has 0 radical (unpaired) electrons. The zero-order valence-corrected chi connectivity index (χ0v) is 32.6. The molecule has 0 aromatic carbocycles. The van der Waals surface area contributed by atoms with Crippen molar-refractivity contribution in [2.75, 3.05) is 12.3 Å². The summed E-state index contributed by atoms with van der Waals surface area (Å²) in [4.78, 5) is 67.0. The Morgan fingerprint density at radius 1 is 1.04 bits per heavy atom. The summed E-state index contributed by atoms with van der Waals surface area (Å²) in [5.74, 6) is 0.394. The minimum atomic E-state index is -1.43. The molecule has 2 aliphatic carbocycles. The molecule has 3 fully saturated rings. The molecule has 53 heavy (non-hydrogen) atoms. The number of thioether (sulfide) groups is 1. The van der Waals surface area contributed by atoms with Crippen LogP contribution in [0.3, 0.4) is 0 Å². The molecule has 2 saturated carbocycles. The summed E-state index contributed by atoms with van der Waals surface area (Å²) in [5.41, 5.74) is 1.07. The van der Waals surface area contributed by atoms with Crippen LogP contribution < -0.4 is 26.0 Å². The molecule has 5 amide bonds.